The van der Waals surface area contributed by atoms with Crippen molar-refractivity contribution in [3.8, 4) is 11.8 Å². The minimum atomic E-state index is -3.69. The summed E-state index contributed by atoms with van der Waals surface area (Å²) < 4.78 is 34.1. The molecule has 0 radical (unpaired) electrons. The number of nitrogens with zero attached hydrogens (tertiary/aromatic N) is 3. The normalized spacial score (nSPS) is 25.6. The molecule has 134 valence electrons. The first kappa shape index (κ1) is 17.0. The van der Waals surface area contributed by atoms with E-state index in [1.165, 1.54) is 6.07 Å². The van der Waals surface area contributed by atoms with Gasteiger partial charge in [-0.05, 0) is 37.1 Å². The monoisotopic (exact) mass is 369 g/mol. The number of piperidine rings is 1. The second-order valence-electron chi connectivity index (χ2n) is 6.73. The fourth-order valence-electron chi connectivity index (χ4n) is 4.08. The molecular weight excluding hydrogens is 350 g/mol. The molecule has 3 heterocycles. The predicted molar refractivity (Wildman–Crippen MR) is 94.9 cm³/mol. The minimum absolute atomic E-state index is 0.0191. The second kappa shape index (κ2) is 6.71. The average Bonchev–Trinajstić information content (AvgIpc) is 2.95. The zero-order chi connectivity index (χ0) is 18.1. The third-order valence-electron chi connectivity index (χ3n) is 5.12. The van der Waals surface area contributed by atoms with Crippen LogP contribution in [0.2, 0.25) is 0 Å². The zero-order valence-electron chi connectivity index (χ0n) is 14.2. The third-order valence-corrected chi connectivity index (χ3v) is 7.19. The highest BCUT2D eigenvalue weighted by molar-refractivity contribution is 7.89. The molecule has 1 aromatic heterocycles. The van der Waals surface area contributed by atoms with Gasteiger partial charge < -0.3 is 4.74 Å². The maximum Gasteiger partial charge on any atom is 0.244 e. The van der Waals surface area contributed by atoms with Crippen molar-refractivity contribution in [2.75, 3.05) is 0 Å². The van der Waals surface area contributed by atoms with Crippen LogP contribution in [0, 0.1) is 11.3 Å². The summed E-state index contributed by atoms with van der Waals surface area (Å²) in [6.45, 7) is 0. The van der Waals surface area contributed by atoms with Gasteiger partial charge in [-0.15, -0.1) is 0 Å². The summed E-state index contributed by atoms with van der Waals surface area (Å²) in [5.74, 6) is 0.711. The number of pyridine rings is 1. The van der Waals surface area contributed by atoms with Gasteiger partial charge in [-0.3, -0.25) is 4.98 Å². The maximum absolute atomic E-state index is 13.2. The summed E-state index contributed by atoms with van der Waals surface area (Å²) in [4.78, 5) is 4.16. The van der Waals surface area contributed by atoms with Crippen molar-refractivity contribution in [3.05, 3.63) is 54.4 Å². The molecule has 0 spiro atoms. The quantitative estimate of drug-likeness (QED) is 0.827. The van der Waals surface area contributed by atoms with E-state index in [2.05, 4.69) is 4.98 Å². The molecule has 2 bridgehead atoms. The minimum Gasteiger partial charge on any atom is -0.489 e. The molecule has 2 fully saturated rings. The number of hydrogen-bond acceptors (Lipinski definition) is 5. The molecule has 6 nitrogen and oxygen atoms in total. The standard InChI is InChI=1S/C19H19N3O3S/c20-12-14-4-1-2-6-19(14)26(23,24)22-15-7-8-16(22)11-18(10-15)25-17-5-3-9-21-13-17/h1-6,9,13,15-16,18H,7-8,10-11H2/t15-,16-/m0/s1. The number of aromatic nitrogens is 1. The molecule has 2 saturated heterocycles. The number of nitriles is 1. The van der Waals surface area contributed by atoms with Crippen LogP contribution >= 0.6 is 0 Å². The fraction of sp³-hybridized carbons (Fsp3) is 0.368. The molecule has 0 amide bonds. The molecule has 0 unspecified atom stereocenters. The van der Waals surface area contributed by atoms with Crippen molar-refractivity contribution >= 4 is 10.0 Å². The second-order valence-corrected chi connectivity index (χ2v) is 8.54. The van der Waals surface area contributed by atoms with E-state index >= 15 is 0 Å². The molecule has 2 aliphatic rings. The summed E-state index contributed by atoms with van der Waals surface area (Å²) in [5.41, 5.74) is 0.195. The van der Waals surface area contributed by atoms with E-state index in [4.69, 9.17) is 4.74 Å². The number of hydrogen-bond donors (Lipinski definition) is 0. The first-order valence-corrected chi connectivity index (χ1v) is 10.1. The predicted octanol–water partition coefficient (Wildman–Crippen LogP) is 2.72. The first-order chi connectivity index (χ1) is 12.6. The van der Waals surface area contributed by atoms with Gasteiger partial charge in [-0.2, -0.15) is 9.57 Å². The van der Waals surface area contributed by atoms with Gasteiger partial charge in [0.05, 0.1) is 16.7 Å². The Kier molecular flexibility index (Phi) is 4.39. The van der Waals surface area contributed by atoms with E-state index in [-0.39, 0.29) is 28.6 Å². The van der Waals surface area contributed by atoms with E-state index in [0.29, 0.717) is 18.6 Å². The zero-order valence-corrected chi connectivity index (χ0v) is 15.0. The van der Waals surface area contributed by atoms with Crippen molar-refractivity contribution in [2.45, 2.75) is 48.8 Å². The summed E-state index contributed by atoms with van der Waals surface area (Å²) in [5, 5.41) is 9.27. The highest BCUT2D eigenvalue weighted by Gasteiger charge is 2.48. The van der Waals surface area contributed by atoms with Gasteiger partial charge in [0.25, 0.3) is 0 Å². The smallest absolute Gasteiger partial charge is 0.244 e. The number of sulfonamides is 1. The van der Waals surface area contributed by atoms with Gasteiger partial charge in [0, 0.05) is 31.1 Å². The van der Waals surface area contributed by atoms with Gasteiger partial charge in [0.2, 0.25) is 10.0 Å². The van der Waals surface area contributed by atoms with Crippen LogP contribution in [0.5, 0.6) is 5.75 Å². The number of benzene rings is 1. The average molecular weight is 369 g/mol. The molecular formula is C19H19N3O3S. The van der Waals surface area contributed by atoms with Crippen molar-refractivity contribution in [1.82, 2.24) is 9.29 Å². The molecule has 2 atom stereocenters. The van der Waals surface area contributed by atoms with Crippen molar-refractivity contribution < 1.29 is 13.2 Å². The Morgan fingerprint density at radius 1 is 1.12 bits per heavy atom. The number of fused-ring (bicyclic) bond motifs is 2. The van der Waals surface area contributed by atoms with Gasteiger partial charge in [0.15, 0.2) is 0 Å². The summed E-state index contributed by atoms with van der Waals surface area (Å²) in [6.07, 6.45) is 6.30. The largest absolute Gasteiger partial charge is 0.489 e. The first-order valence-electron chi connectivity index (χ1n) is 8.69. The van der Waals surface area contributed by atoms with Crippen LogP contribution in [0.4, 0.5) is 0 Å². The van der Waals surface area contributed by atoms with Crippen LogP contribution in [0.3, 0.4) is 0 Å². The Balaban J connectivity index is 1.58. The Hall–Kier alpha value is -2.43. The molecule has 2 aromatic rings. The van der Waals surface area contributed by atoms with Crippen LogP contribution in [-0.2, 0) is 10.0 Å². The molecule has 7 heteroatoms. The van der Waals surface area contributed by atoms with Crippen molar-refractivity contribution in [3.63, 3.8) is 0 Å². The Bertz CT molecular complexity index is 926. The molecule has 0 aliphatic carbocycles. The highest BCUT2D eigenvalue weighted by Crippen LogP contribution is 2.41. The topological polar surface area (TPSA) is 83.3 Å². The van der Waals surface area contributed by atoms with Crippen LogP contribution in [0.15, 0.2) is 53.7 Å². The van der Waals surface area contributed by atoms with Crippen molar-refractivity contribution in [2.24, 2.45) is 0 Å². The van der Waals surface area contributed by atoms with E-state index in [9.17, 15) is 13.7 Å². The SMILES string of the molecule is N#Cc1ccccc1S(=O)(=O)N1[C@H]2CC[C@H]1CC(Oc1cccnc1)C2. The Morgan fingerprint density at radius 3 is 2.50 bits per heavy atom. The third kappa shape index (κ3) is 2.96. The summed E-state index contributed by atoms with van der Waals surface area (Å²) >= 11 is 0. The Labute approximate surface area is 153 Å². The molecule has 0 saturated carbocycles. The van der Waals surface area contributed by atoms with E-state index in [1.54, 1.807) is 34.9 Å². The van der Waals surface area contributed by atoms with Gasteiger partial charge in [-0.1, -0.05) is 12.1 Å². The lowest BCUT2D eigenvalue weighted by Crippen LogP contribution is -2.49. The van der Waals surface area contributed by atoms with E-state index in [0.717, 1.165) is 12.8 Å². The van der Waals surface area contributed by atoms with Crippen LogP contribution < -0.4 is 4.74 Å². The maximum atomic E-state index is 13.2. The molecule has 1 aromatic carbocycles. The van der Waals surface area contributed by atoms with E-state index in [1.807, 2.05) is 18.2 Å². The lowest BCUT2D eigenvalue weighted by Gasteiger charge is -2.37. The highest BCUT2D eigenvalue weighted by atomic mass is 32.2. The Morgan fingerprint density at radius 2 is 1.85 bits per heavy atom. The van der Waals surface area contributed by atoms with Gasteiger partial charge in [-0.25, -0.2) is 8.42 Å². The molecule has 26 heavy (non-hydrogen) atoms. The van der Waals surface area contributed by atoms with Crippen molar-refractivity contribution in [1.29, 1.82) is 5.26 Å². The van der Waals surface area contributed by atoms with Crippen LogP contribution in [0.1, 0.15) is 31.2 Å². The number of rotatable bonds is 4. The van der Waals surface area contributed by atoms with Gasteiger partial charge in [0.1, 0.15) is 17.9 Å². The fourth-order valence-corrected chi connectivity index (χ4v) is 6.12. The molecule has 0 N–H and O–H groups in total. The van der Waals surface area contributed by atoms with Gasteiger partial charge >= 0.3 is 0 Å². The summed E-state index contributed by atoms with van der Waals surface area (Å²) in [6, 6.07) is 11.9. The number of ether oxygens (including phenoxy) is 1. The molecule has 2 aliphatic heterocycles. The lowest BCUT2D eigenvalue weighted by molar-refractivity contribution is 0.0953. The molecule has 4 rings (SSSR count). The van der Waals surface area contributed by atoms with E-state index < -0.39 is 10.0 Å². The summed E-state index contributed by atoms with van der Waals surface area (Å²) in [7, 11) is -3.69. The van der Waals surface area contributed by atoms with Crippen LogP contribution in [-0.4, -0.2) is 35.9 Å². The van der Waals surface area contributed by atoms with Crippen LogP contribution in [0.25, 0.3) is 0 Å². The lowest BCUT2D eigenvalue weighted by atomic mass is 10.0.